The molecule has 29 heavy (non-hydrogen) atoms. The molecular formula is C22H33N3O4. The fourth-order valence-corrected chi connectivity index (χ4v) is 3.98. The zero-order chi connectivity index (χ0) is 20.5. The van der Waals surface area contributed by atoms with E-state index in [4.69, 9.17) is 9.72 Å². The van der Waals surface area contributed by atoms with Crippen molar-refractivity contribution >= 4 is 17.7 Å². The molecule has 2 atom stereocenters. The quantitative estimate of drug-likeness (QED) is 0.491. The van der Waals surface area contributed by atoms with Crippen LogP contribution in [0.1, 0.15) is 62.6 Å². The number of nitrogens with zero attached hydrogens (tertiary/aromatic N) is 1. The molecule has 1 aromatic rings. The number of carboxylic acid groups (broad SMARTS) is 1. The first kappa shape index (κ1) is 21.6. The van der Waals surface area contributed by atoms with Crippen LogP contribution in [0.5, 0.6) is 0 Å². The van der Waals surface area contributed by atoms with Crippen molar-refractivity contribution in [2.45, 2.75) is 70.3 Å². The summed E-state index contributed by atoms with van der Waals surface area (Å²) in [6.07, 6.45) is 9.47. The molecule has 1 fully saturated rings. The third kappa shape index (κ3) is 6.70. The van der Waals surface area contributed by atoms with Gasteiger partial charge in [0, 0.05) is 18.8 Å². The van der Waals surface area contributed by atoms with Crippen molar-refractivity contribution in [3.05, 3.63) is 23.4 Å². The molecule has 3 heterocycles. The number of carboxylic acids is 1. The van der Waals surface area contributed by atoms with Gasteiger partial charge < -0.3 is 20.5 Å². The Kier molecular flexibility index (Phi) is 8.28. The number of rotatable bonds is 11. The van der Waals surface area contributed by atoms with Crippen molar-refractivity contribution < 1.29 is 19.4 Å². The zero-order valence-corrected chi connectivity index (χ0v) is 17.1. The standard InChI is InChI=1S/C22H33N3O4/c26-21(17-12-14-29-15-17)25-19(22(27)28)9-5-3-1-2-4-8-18-11-10-16-7-6-13-23-20(16)24-18/h10-11,17,19H,1-9,12-15H2,(H,23,24)(H,25,26)(H,27,28)/t17-,19+/m1/s1. The van der Waals surface area contributed by atoms with Gasteiger partial charge in [-0.1, -0.05) is 31.7 Å². The molecular weight excluding hydrogens is 370 g/mol. The predicted molar refractivity (Wildman–Crippen MR) is 111 cm³/mol. The van der Waals surface area contributed by atoms with Crippen molar-refractivity contribution in [1.29, 1.82) is 0 Å². The van der Waals surface area contributed by atoms with Crippen LogP contribution in [0.15, 0.2) is 12.1 Å². The molecule has 0 spiro atoms. The predicted octanol–water partition coefficient (Wildman–Crippen LogP) is 2.93. The lowest BCUT2D eigenvalue weighted by Crippen LogP contribution is -2.43. The minimum Gasteiger partial charge on any atom is -0.480 e. The molecule has 0 saturated carbocycles. The third-order valence-corrected chi connectivity index (χ3v) is 5.79. The monoisotopic (exact) mass is 403 g/mol. The van der Waals surface area contributed by atoms with E-state index in [2.05, 4.69) is 22.8 Å². The number of nitrogens with one attached hydrogen (secondary N) is 2. The molecule has 160 valence electrons. The molecule has 1 amide bonds. The summed E-state index contributed by atoms with van der Waals surface area (Å²) in [5.41, 5.74) is 2.46. The van der Waals surface area contributed by atoms with Crippen LogP contribution in [-0.2, 0) is 27.2 Å². The zero-order valence-electron chi connectivity index (χ0n) is 17.1. The van der Waals surface area contributed by atoms with E-state index in [1.165, 1.54) is 12.0 Å². The van der Waals surface area contributed by atoms with Crippen LogP contribution in [0.2, 0.25) is 0 Å². The Bertz CT molecular complexity index is 689. The molecule has 0 bridgehead atoms. The maximum atomic E-state index is 12.1. The second-order valence-corrected chi connectivity index (χ2v) is 8.11. The molecule has 0 radical (unpaired) electrons. The van der Waals surface area contributed by atoms with Crippen molar-refractivity contribution in [2.24, 2.45) is 5.92 Å². The summed E-state index contributed by atoms with van der Waals surface area (Å²) in [5, 5.41) is 15.4. The highest BCUT2D eigenvalue weighted by atomic mass is 16.5. The van der Waals surface area contributed by atoms with Crippen molar-refractivity contribution in [2.75, 3.05) is 25.1 Å². The molecule has 7 nitrogen and oxygen atoms in total. The Morgan fingerprint density at radius 3 is 2.86 bits per heavy atom. The smallest absolute Gasteiger partial charge is 0.326 e. The van der Waals surface area contributed by atoms with Crippen molar-refractivity contribution in [3.8, 4) is 0 Å². The Balaban J connectivity index is 1.28. The highest BCUT2D eigenvalue weighted by Gasteiger charge is 2.27. The number of anilines is 1. The summed E-state index contributed by atoms with van der Waals surface area (Å²) >= 11 is 0. The number of aryl methyl sites for hydroxylation is 2. The number of pyridine rings is 1. The third-order valence-electron chi connectivity index (χ3n) is 5.79. The number of aromatic nitrogens is 1. The molecule has 7 heteroatoms. The van der Waals surface area contributed by atoms with Crippen LogP contribution in [0.25, 0.3) is 0 Å². The number of hydrogen-bond donors (Lipinski definition) is 3. The molecule has 3 N–H and O–H groups in total. The first-order valence-electron chi connectivity index (χ1n) is 11.0. The molecule has 0 aliphatic carbocycles. The van der Waals surface area contributed by atoms with E-state index in [0.29, 0.717) is 26.1 Å². The number of carbonyl (C=O) groups is 2. The van der Waals surface area contributed by atoms with Gasteiger partial charge >= 0.3 is 5.97 Å². The van der Waals surface area contributed by atoms with Crippen LogP contribution in [-0.4, -0.2) is 47.8 Å². The average molecular weight is 404 g/mol. The average Bonchev–Trinajstić information content (AvgIpc) is 3.27. The van der Waals surface area contributed by atoms with E-state index in [1.807, 2.05) is 0 Å². The molecule has 1 aromatic heterocycles. The Hall–Kier alpha value is -2.15. The van der Waals surface area contributed by atoms with E-state index < -0.39 is 12.0 Å². The number of amides is 1. The molecule has 0 unspecified atom stereocenters. The lowest BCUT2D eigenvalue weighted by atomic mass is 10.0. The molecule has 2 aliphatic rings. The normalized spacial score (nSPS) is 19.2. The van der Waals surface area contributed by atoms with Gasteiger partial charge in [-0.15, -0.1) is 0 Å². The van der Waals surface area contributed by atoms with Crippen LogP contribution in [0.4, 0.5) is 5.82 Å². The summed E-state index contributed by atoms with van der Waals surface area (Å²) in [5.74, 6) is -0.296. The van der Waals surface area contributed by atoms with Gasteiger partial charge in [0.1, 0.15) is 11.9 Å². The van der Waals surface area contributed by atoms with Gasteiger partial charge in [0.05, 0.1) is 12.5 Å². The van der Waals surface area contributed by atoms with Crippen LogP contribution in [0, 0.1) is 5.92 Å². The van der Waals surface area contributed by atoms with Crippen molar-refractivity contribution in [3.63, 3.8) is 0 Å². The number of fused-ring (bicyclic) bond motifs is 1. The summed E-state index contributed by atoms with van der Waals surface area (Å²) in [4.78, 5) is 28.2. The number of hydrogen-bond acceptors (Lipinski definition) is 5. The largest absolute Gasteiger partial charge is 0.480 e. The van der Waals surface area contributed by atoms with Gasteiger partial charge in [-0.2, -0.15) is 0 Å². The number of ether oxygens (including phenoxy) is 1. The van der Waals surface area contributed by atoms with E-state index >= 15 is 0 Å². The summed E-state index contributed by atoms with van der Waals surface area (Å²) in [6, 6.07) is 3.54. The minimum atomic E-state index is -0.954. The second-order valence-electron chi connectivity index (χ2n) is 8.11. The van der Waals surface area contributed by atoms with Crippen molar-refractivity contribution in [1.82, 2.24) is 10.3 Å². The summed E-state index contributed by atoms with van der Waals surface area (Å²) < 4.78 is 5.20. The number of unbranched alkanes of at least 4 members (excludes halogenated alkanes) is 4. The van der Waals surface area contributed by atoms with Crippen LogP contribution in [0.3, 0.4) is 0 Å². The Morgan fingerprint density at radius 2 is 2.07 bits per heavy atom. The molecule has 1 saturated heterocycles. The fraction of sp³-hybridized carbons (Fsp3) is 0.682. The van der Waals surface area contributed by atoms with Gasteiger partial charge in [-0.25, -0.2) is 9.78 Å². The lowest BCUT2D eigenvalue weighted by Gasteiger charge is -2.17. The van der Waals surface area contributed by atoms with Crippen LogP contribution >= 0.6 is 0 Å². The SMILES string of the molecule is O=C(N[C@@H](CCCCCCCc1ccc2c(n1)NCCC2)C(=O)O)[C@@H]1CCOC1. The van der Waals surface area contributed by atoms with Gasteiger partial charge in [0.15, 0.2) is 0 Å². The van der Waals surface area contributed by atoms with Gasteiger partial charge in [0.25, 0.3) is 0 Å². The molecule has 3 rings (SSSR count). The number of aliphatic carboxylic acids is 1. The fourth-order valence-electron chi connectivity index (χ4n) is 3.98. The number of carbonyl (C=O) groups excluding carboxylic acids is 1. The van der Waals surface area contributed by atoms with E-state index in [0.717, 1.165) is 63.0 Å². The molecule has 0 aromatic carbocycles. The Morgan fingerprint density at radius 1 is 1.24 bits per heavy atom. The topological polar surface area (TPSA) is 101 Å². The Labute approximate surface area is 172 Å². The van der Waals surface area contributed by atoms with E-state index in [1.54, 1.807) is 0 Å². The minimum absolute atomic E-state index is 0.193. The maximum Gasteiger partial charge on any atom is 0.326 e. The van der Waals surface area contributed by atoms with Gasteiger partial charge in [-0.3, -0.25) is 4.79 Å². The first-order valence-corrected chi connectivity index (χ1v) is 11.0. The van der Waals surface area contributed by atoms with Gasteiger partial charge in [-0.05, 0) is 50.2 Å². The second kappa shape index (κ2) is 11.1. The summed E-state index contributed by atoms with van der Waals surface area (Å²) in [7, 11) is 0. The van der Waals surface area contributed by atoms with E-state index in [-0.39, 0.29) is 11.8 Å². The summed E-state index contributed by atoms with van der Waals surface area (Å²) in [6.45, 7) is 1.98. The molecule has 2 aliphatic heterocycles. The van der Waals surface area contributed by atoms with Gasteiger partial charge in [0.2, 0.25) is 5.91 Å². The van der Waals surface area contributed by atoms with E-state index in [9.17, 15) is 14.7 Å². The lowest BCUT2D eigenvalue weighted by molar-refractivity contribution is -0.142. The van der Waals surface area contributed by atoms with Crippen LogP contribution < -0.4 is 10.6 Å². The maximum absolute atomic E-state index is 12.1. The highest BCUT2D eigenvalue weighted by Crippen LogP contribution is 2.20. The highest BCUT2D eigenvalue weighted by molar-refractivity contribution is 5.85. The first-order chi connectivity index (χ1) is 14.1.